The maximum Gasteiger partial charge on any atom is 0.154 e. The molecule has 0 radical (unpaired) electrons. The molecule has 0 aliphatic carbocycles. The average molecular weight is 519 g/mol. The van der Waals surface area contributed by atoms with Crippen LogP contribution in [-0.4, -0.2) is 26.2 Å². The summed E-state index contributed by atoms with van der Waals surface area (Å²) in [6, 6.07) is 27.0. The predicted molar refractivity (Wildman–Crippen MR) is 165 cm³/mol. The van der Waals surface area contributed by atoms with Crippen molar-refractivity contribution >= 4 is 52.7 Å². The first kappa shape index (κ1) is 23.8. The summed E-state index contributed by atoms with van der Waals surface area (Å²) in [6.07, 6.45) is 8.85. The van der Waals surface area contributed by atoms with Crippen LogP contribution in [-0.2, 0) is 0 Å². The molecule has 40 heavy (non-hydrogen) atoms. The zero-order chi connectivity index (χ0) is 27.2. The van der Waals surface area contributed by atoms with Crippen LogP contribution in [0.1, 0.15) is 44.3 Å². The Hall–Kier alpha value is -5.29. The molecule has 5 heteroatoms. The zero-order valence-electron chi connectivity index (χ0n) is 22.2. The quantitative estimate of drug-likeness (QED) is 0.231. The van der Waals surface area contributed by atoms with Crippen molar-refractivity contribution in [3.05, 3.63) is 118 Å². The summed E-state index contributed by atoms with van der Waals surface area (Å²) in [5, 5.41) is 0. The second kappa shape index (κ2) is 9.47. The van der Waals surface area contributed by atoms with E-state index < -0.39 is 0 Å². The van der Waals surface area contributed by atoms with Gasteiger partial charge in [0, 0.05) is 27.7 Å². The Morgan fingerprint density at radius 1 is 0.575 bits per heavy atom. The minimum Gasteiger partial charge on any atom is -0.355 e. The number of hydrogen-bond donors (Lipinski definition) is 2. The first-order chi connectivity index (χ1) is 19.6. The summed E-state index contributed by atoms with van der Waals surface area (Å²) in [7, 11) is 0. The van der Waals surface area contributed by atoms with Crippen molar-refractivity contribution in [3.63, 3.8) is 0 Å². The number of aryl methyl sites for hydroxylation is 2. The molecule has 0 saturated carbocycles. The molecule has 5 nitrogen and oxygen atoms in total. The molecule has 2 aromatic carbocycles. The lowest BCUT2D eigenvalue weighted by atomic mass is 10.0. The highest BCUT2D eigenvalue weighted by Crippen LogP contribution is 2.33. The summed E-state index contributed by atoms with van der Waals surface area (Å²) in [4.78, 5) is 29.5. The first-order valence-corrected chi connectivity index (χ1v) is 13.3. The molecule has 5 heterocycles. The zero-order valence-corrected chi connectivity index (χ0v) is 22.2. The maximum absolute atomic E-state index is 12.5. The van der Waals surface area contributed by atoms with E-state index in [1.165, 1.54) is 11.1 Å². The van der Waals surface area contributed by atoms with Gasteiger partial charge < -0.3 is 9.97 Å². The molecule has 7 rings (SSSR count). The number of nitrogens with one attached hydrogen (secondary N) is 2. The van der Waals surface area contributed by atoms with Crippen molar-refractivity contribution < 1.29 is 4.79 Å². The molecule has 2 aliphatic rings. The van der Waals surface area contributed by atoms with E-state index in [0.29, 0.717) is 16.8 Å². The lowest BCUT2D eigenvalue weighted by Crippen LogP contribution is -1.90. The van der Waals surface area contributed by atoms with Crippen molar-refractivity contribution in [2.24, 2.45) is 0 Å². The van der Waals surface area contributed by atoms with Gasteiger partial charge in [-0.15, -0.1) is 0 Å². The van der Waals surface area contributed by atoms with Gasteiger partial charge in [0.15, 0.2) is 6.29 Å². The Bertz CT molecular complexity index is 1980. The van der Waals surface area contributed by atoms with E-state index in [1.54, 1.807) is 0 Å². The summed E-state index contributed by atoms with van der Waals surface area (Å²) in [6.45, 7) is 4.15. The molecular weight excluding hydrogens is 492 g/mol. The van der Waals surface area contributed by atoms with E-state index in [-0.39, 0.29) is 0 Å². The molecule has 5 aromatic rings. The normalized spacial score (nSPS) is 12.2. The summed E-state index contributed by atoms with van der Waals surface area (Å²) >= 11 is 0. The maximum atomic E-state index is 12.5. The topological polar surface area (TPSA) is 74.4 Å². The van der Waals surface area contributed by atoms with E-state index >= 15 is 0 Å². The van der Waals surface area contributed by atoms with Crippen molar-refractivity contribution in [3.8, 4) is 22.3 Å². The predicted octanol–water partition coefficient (Wildman–Crippen LogP) is 8.42. The highest BCUT2D eigenvalue weighted by Gasteiger charge is 2.15. The Labute approximate surface area is 231 Å². The molecule has 0 atom stereocenters. The van der Waals surface area contributed by atoms with Gasteiger partial charge in [-0.1, -0.05) is 59.7 Å². The van der Waals surface area contributed by atoms with Gasteiger partial charge in [-0.3, -0.25) is 4.79 Å². The fourth-order valence-electron chi connectivity index (χ4n) is 5.33. The third-order valence-corrected chi connectivity index (χ3v) is 7.41. The number of aromatic nitrogens is 4. The number of carbonyl (C=O) groups is 1. The van der Waals surface area contributed by atoms with E-state index in [4.69, 9.17) is 9.97 Å². The van der Waals surface area contributed by atoms with Crippen molar-refractivity contribution in [2.45, 2.75) is 13.8 Å². The van der Waals surface area contributed by atoms with Crippen molar-refractivity contribution in [1.29, 1.82) is 0 Å². The number of nitrogens with zero attached hydrogens (tertiary/aromatic N) is 2. The minimum atomic E-state index is 0.507. The van der Waals surface area contributed by atoms with Gasteiger partial charge in [0.25, 0.3) is 0 Å². The smallest absolute Gasteiger partial charge is 0.154 e. The number of rotatable bonds is 3. The van der Waals surface area contributed by atoms with Crippen LogP contribution >= 0.6 is 0 Å². The number of aldehydes is 1. The molecule has 0 fully saturated rings. The number of aromatic amines is 2. The van der Waals surface area contributed by atoms with Gasteiger partial charge in [0.05, 0.1) is 33.9 Å². The van der Waals surface area contributed by atoms with Crippen molar-refractivity contribution in [2.75, 3.05) is 0 Å². The van der Waals surface area contributed by atoms with Crippen LogP contribution in [0.5, 0.6) is 0 Å². The molecule has 2 N–H and O–H groups in total. The Morgan fingerprint density at radius 2 is 1.12 bits per heavy atom. The van der Waals surface area contributed by atoms with Crippen LogP contribution < -0.4 is 0 Å². The van der Waals surface area contributed by atoms with Crippen LogP contribution in [0.2, 0.25) is 0 Å². The number of H-pyrrole nitrogens is 2. The van der Waals surface area contributed by atoms with Gasteiger partial charge in [-0.05, 0) is 79.6 Å². The van der Waals surface area contributed by atoms with Gasteiger partial charge in [0.1, 0.15) is 0 Å². The van der Waals surface area contributed by atoms with Crippen LogP contribution in [0.4, 0.5) is 0 Å². The molecule has 8 bridgehead atoms. The molecule has 0 unspecified atom stereocenters. The third kappa shape index (κ3) is 4.18. The fourth-order valence-corrected chi connectivity index (χ4v) is 5.33. The average Bonchev–Trinajstić information content (AvgIpc) is 3.77. The van der Waals surface area contributed by atoms with Crippen LogP contribution in [0.3, 0.4) is 0 Å². The minimum absolute atomic E-state index is 0.507. The molecule has 0 saturated heterocycles. The lowest BCUT2D eigenvalue weighted by molar-refractivity contribution is 0.112. The van der Waals surface area contributed by atoms with E-state index in [0.717, 1.165) is 62.2 Å². The molecule has 0 amide bonds. The monoisotopic (exact) mass is 518 g/mol. The highest BCUT2D eigenvalue weighted by molar-refractivity contribution is 5.98. The van der Waals surface area contributed by atoms with Crippen LogP contribution in [0.25, 0.3) is 68.6 Å². The second-order valence-electron chi connectivity index (χ2n) is 10.2. The van der Waals surface area contributed by atoms with Gasteiger partial charge in [-0.25, -0.2) is 9.97 Å². The van der Waals surface area contributed by atoms with E-state index in [9.17, 15) is 4.79 Å². The highest BCUT2D eigenvalue weighted by atomic mass is 16.1. The number of hydrogen-bond acceptors (Lipinski definition) is 3. The second-order valence-corrected chi connectivity index (χ2v) is 10.2. The third-order valence-electron chi connectivity index (χ3n) is 7.41. The Kier molecular flexibility index (Phi) is 5.64. The number of benzene rings is 2. The Balaban J connectivity index is 1.61. The molecule has 192 valence electrons. The molecule has 3 aromatic heterocycles. The van der Waals surface area contributed by atoms with Crippen LogP contribution in [0, 0.1) is 13.8 Å². The number of fused-ring (bicyclic) bond motifs is 8. The lowest BCUT2D eigenvalue weighted by Gasteiger charge is -2.05. The van der Waals surface area contributed by atoms with E-state index in [1.807, 2.05) is 36.4 Å². The molecular formula is C35H26N4O. The van der Waals surface area contributed by atoms with Gasteiger partial charge in [0.2, 0.25) is 0 Å². The van der Waals surface area contributed by atoms with E-state index in [2.05, 4.69) is 90.5 Å². The molecule has 2 aliphatic heterocycles. The standard InChI is InChI=1S/C35H26N4O/c1-21-3-7-23(8-4-21)34-30-13-11-25(36-30)19-26-12-14-31(37-26)35(24-9-5-22(2)6-10-24)33-18-16-29(39-33)27(20-40)28-15-17-32(34)38-28/h3-20,36,39H,1-2H3. The SMILES string of the molecule is Cc1ccc(-c2c3nc(c(C=O)c4ccc([nH]4)c(-c4ccc(C)cc4)c4nc(cc5ccc2[nH]5)C=C4)C=C3)cc1. The van der Waals surface area contributed by atoms with Crippen molar-refractivity contribution in [1.82, 2.24) is 19.9 Å². The number of carbonyl (C=O) groups excluding carboxylic acids is 1. The van der Waals surface area contributed by atoms with Crippen LogP contribution in [0.15, 0.2) is 78.9 Å². The fraction of sp³-hybridized carbons (Fsp3) is 0.0571. The molecule has 0 spiro atoms. The van der Waals surface area contributed by atoms with Gasteiger partial charge >= 0.3 is 0 Å². The summed E-state index contributed by atoms with van der Waals surface area (Å²) in [5.74, 6) is 0. The Morgan fingerprint density at radius 3 is 1.80 bits per heavy atom. The summed E-state index contributed by atoms with van der Waals surface area (Å²) in [5.41, 5.74) is 13.6. The first-order valence-electron chi connectivity index (χ1n) is 13.3. The largest absolute Gasteiger partial charge is 0.355 e. The van der Waals surface area contributed by atoms with Gasteiger partial charge in [-0.2, -0.15) is 0 Å². The summed E-state index contributed by atoms with van der Waals surface area (Å²) < 4.78 is 0.